The maximum absolute atomic E-state index is 11.6. The summed E-state index contributed by atoms with van der Waals surface area (Å²) in [6.07, 6.45) is 2.79. The molecule has 23 heavy (non-hydrogen) atoms. The van der Waals surface area contributed by atoms with Gasteiger partial charge in [-0.25, -0.2) is 4.79 Å². The maximum Gasteiger partial charge on any atom is 0.407 e. The highest BCUT2D eigenvalue weighted by atomic mass is 16.4. The number of carbonyl (C=O) groups is 1. The molecule has 2 heterocycles. The number of aryl methyl sites for hydroxylation is 1. The van der Waals surface area contributed by atoms with E-state index in [2.05, 4.69) is 50.0 Å². The number of fused-ring (bicyclic) bond motifs is 1. The number of H-pyrrole nitrogens is 1. The SMILES string of the molecule is Cc1cc2cn[nH]c2cc1C1CCN(C(=O)O)C(C(C)(C)C)C1. The predicted molar refractivity (Wildman–Crippen MR) is 90.8 cm³/mol. The number of hydrogen-bond acceptors (Lipinski definition) is 2. The normalized spacial score (nSPS) is 22.5. The topological polar surface area (TPSA) is 69.2 Å². The maximum atomic E-state index is 11.6. The summed E-state index contributed by atoms with van der Waals surface area (Å²) in [5.41, 5.74) is 3.57. The van der Waals surface area contributed by atoms with Crippen LogP contribution in [0.5, 0.6) is 0 Å². The molecule has 2 aromatic rings. The molecule has 2 atom stereocenters. The van der Waals surface area contributed by atoms with E-state index < -0.39 is 6.09 Å². The Labute approximate surface area is 136 Å². The first-order valence-corrected chi connectivity index (χ1v) is 8.20. The lowest BCUT2D eigenvalue weighted by Crippen LogP contribution is -2.51. The van der Waals surface area contributed by atoms with Crippen LogP contribution in [-0.4, -0.2) is 38.9 Å². The molecule has 1 fully saturated rings. The van der Waals surface area contributed by atoms with Gasteiger partial charge < -0.3 is 10.0 Å². The average Bonchev–Trinajstić information content (AvgIpc) is 2.91. The smallest absolute Gasteiger partial charge is 0.407 e. The van der Waals surface area contributed by atoms with E-state index in [-0.39, 0.29) is 11.5 Å². The molecule has 0 saturated carbocycles. The minimum atomic E-state index is -0.802. The minimum absolute atomic E-state index is 0.0376. The van der Waals surface area contributed by atoms with Gasteiger partial charge in [-0.15, -0.1) is 0 Å². The first-order chi connectivity index (χ1) is 10.8. The standard InChI is InChI=1S/C18H25N3O2/c1-11-7-13-10-19-20-15(13)9-14(11)12-5-6-21(17(22)23)16(8-12)18(2,3)4/h7,9-10,12,16H,5-6,8H2,1-4H3,(H,19,20)(H,22,23). The minimum Gasteiger partial charge on any atom is -0.465 e. The van der Waals surface area contributed by atoms with Crippen molar-refractivity contribution in [2.75, 3.05) is 6.54 Å². The summed E-state index contributed by atoms with van der Waals surface area (Å²) in [5, 5.41) is 17.8. The van der Waals surface area contributed by atoms with Crippen molar-refractivity contribution in [3.05, 3.63) is 29.5 Å². The Kier molecular flexibility index (Phi) is 3.82. The molecule has 1 aliphatic rings. The van der Waals surface area contributed by atoms with Crippen molar-refractivity contribution in [1.82, 2.24) is 15.1 Å². The van der Waals surface area contributed by atoms with Crippen molar-refractivity contribution in [1.29, 1.82) is 0 Å². The summed E-state index contributed by atoms with van der Waals surface area (Å²) in [6, 6.07) is 4.40. The fraction of sp³-hybridized carbons (Fsp3) is 0.556. The number of benzene rings is 1. The van der Waals surface area contributed by atoms with E-state index in [4.69, 9.17) is 0 Å². The van der Waals surface area contributed by atoms with Gasteiger partial charge in [0.05, 0.1) is 11.7 Å². The molecule has 0 aliphatic carbocycles. The van der Waals surface area contributed by atoms with E-state index in [0.29, 0.717) is 12.5 Å². The lowest BCUT2D eigenvalue weighted by Gasteiger charge is -2.45. The van der Waals surface area contributed by atoms with Crippen LogP contribution in [0.15, 0.2) is 18.3 Å². The molecule has 124 valence electrons. The predicted octanol–water partition coefficient (Wildman–Crippen LogP) is 4.14. The number of piperidine rings is 1. The molecule has 1 aromatic carbocycles. The third kappa shape index (κ3) is 2.92. The van der Waals surface area contributed by atoms with Gasteiger partial charge in [-0.05, 0) is 54.4 Å². The van der Waals surface area contributed by atoms with E-state index in [1.807, 2.05) is 6.20 Å². The fourth-order valence-electron chi connectivity index (χ4n) is 3.86. The molecule has 0 radical (unpaired) electrons. The number of nitrogens with one attached hydrogen (secondary N) is 1. The van der Waals surface area contributed by atoms with Crippen LogP contribution in [0.3, 0.4) is 0 Å². The van der Waals surface area contributed by atoms with Gasteiger partial charge in [-0.1, -0.05) is 20.8 Å². The number of aromatic amines is 1. The molecule has 2 N–H and O–H groups in total. The van der Waals surface area contributed by atoms with Crippen molar-refractivity contribution >= 4 is 17.0 Å². The highest BCUT2D eigenvalue weighted by molar-refractivity contribution is 5.79. The van der Waals surface area contributed by atoms with Crippen molar-refractivity contribution in [2.24, 2.45) is 5.41 Å². The van der Waals surface area contributed by atoms with Gasteiger partial charge in [0.1, 0.15) is 0 Å². The number of amides is 1. The fourth-order valence-corrected chi connectivity index (χ4v) is 3.86. The van der Waals surface area contributed by atoms with Crippen LogP contribution in [0.1, 0.15) is 50.7 Å². The third-order valence-corrected chi connectivity index (χ3v) is 5.11. The molecule has 5 heteroatoms. The lowest BCUT2D eigenvalue weighted by molar-refractivity contribution is 0.0525. The van der Waals surface area contributed by atoms with E-state index in [0.717, 1.165) is 23.7 Å². The molecule has 5 nitrogen and oxygen atoms in total. The number of hydrogen-bond donors (Lipinski definition) is 2. The van der Waals surface area contributed by atoms with Gasteiger partial charge in [0.2, 0.25) is 0 Å². The Morgan fingerprint density at radius 3 is 2.78 bits per heavy atom. The highest BCUT2D eigenvalue weighted by Gasteiger charge is 2.39. The first kappa shape index (κ1) is 15.8. The van der Waals surface area contributed by atoms with Gasteiger partial charge in [-0.2, -0.15) is 5.10 Å². The van der Waals surface area contributed by atoms with E-state index in [1.165, 1.54) is 11.1 Å². The van der Waals surface area contributed by atoms with Crippen LogP contribution in [0.25, 0.3) is 10.9 Å². The van der Waals surface area contributed by atoms with Crippen LogP contribution in [0.2, 0.25) is 0 Å². The van der Waals surface area contributed by atoms with Gasteiger partial charge >= 0.3 is 6.09 Å². The van der Waals surface area contributed by atoms with Gasteiger partial charge in [0, 0.05) is 18.0 Å². The summed E-state index contributed by atoms with van der Waals surface area (Å²) >= 11 is 0. The van der Waals surface area contributed by atoms with Crippen LogP contribution < -0.4 is 0 Å². The molecule has 1 saturated heterocycles. The Balaban J connectivity index is 1.94. The van der Waals surface area contributed by atoms with Crippen molar-refractivity contribution in [3.63, 3.8) is 0 Å². The second kappa shape index (κ2) is 5.55. The summed E-state index contributed by atoms with van der Waals surface area (Å²) in [5.74, 6) is 0.391. The van der Waals surface area contributed by atoms with Crippen molar-refractivity contribution in [2.45, 2.75) is 52.5 Å². The molecule has 3 rings (SSSR count). The Bertz CT molecular complexity index is 729. The van der Waals surface area contributed by atoms with E-state index >= 15 is 0 Å². The number of nitrogens with zero attached hydrogens (tertiary/aromatic N) is 2. The van der Waals surface area contributed by atoms with E-state index in [9.17, 15) is 9.90 Å². The number of aromatic nitrogens is 2. The Morgan fingerprint density at radius 2 is 2.13 bits per heavy atom. The second-order valence-electron chi connectivity index (χ2n) is 7.75. The van der Waals surface area contributed by atoms with Crippen LogP contribution in [0.4, 0.5) is 4.79 Å². The Hall–Kier alpha value is -2.04. The van der Waals surface area contributed by atoms with Crippen LogP contribution in [0, 0.1) is 12.3 Å². The second-order valence-corrected chi connectivity index (χ2v) is 7.75. The van der Waals surface area contributed by atoms with Crippen LogP contribution >= 0.6 is 0 Å². The molecule has 0 bridgehead atoms. The quantitative estimate of drug-likeness (QED) is 0.831. The van der Waals surface area contributed by atoms with Gasteiger partial charge in [0.15, 0.2) is 0 Å². The van der Waals surface area contributed by atoms with Crippen molar-refractivity contribution < 1.29 is 9.90 Å². The van der Waals surface area contributed by atoms with Crippen molar-refractivity contribution in [3.8, 4) is 0 Å². The molecule has 1 aliphatic heterocycles. The van der Waals surface area contributed by atoms with Crippen LogP contribution in [-0.2, 0) is 0 Å². The molecule has 0 spiro atoms. The molecular formula is C18H25N3O2. The highest BCUT2D eigenvalue weighted by Crippen LogP contribution is 2.40. The monoisotopic (exact) mass is 315 g/mol. The summed E-state index contributed by atoms with van der Waals surface area (Å²) in [6.45, 7) is 9.11. The van der Waals surface area contributed by atoms with Gasteiger partial charge in [-0.3, -0.25) is 5.10 Å². The zero-order valence-corrected chi connectivity index (χ0v) is 14.3. The molecule has 1 aromatic heterocycles. The summed E-state index contributed by atoms with van der Waals surface area (Å²) < 4.78 is 0. The molecule has 1 amide bonds. The molecule has 2 unspecified atom stereocenters. The Morgan fingerprint density at radius 1 is 1.39 bits per heavy atom. The zero-order chi connectivity index (χ0) is 16.8. The lowest BCUT2D eigenvalue weighted by atomic mass is 9.74. The third-order valence-electron chi connectivity index (χ3n) is 5.11. The summed E-state index contributed by atoms with van der Waals surface area (Å²) in [7, 11) is 0. The van der Waals surface area contributed by atoms with Gasteiger partial charge in [0.25, 0.3) is 0 Å². The molecular weight excluding hydrogens is 290 g/mol. The van der Waals surface area contributed by atoms with E-state index in [1.54, 1.807) is 4.90 Å². The number of rotatable bonds is 1. The summed E-state index contributed by atoms with van der Waals surface area (Å²) in [4.78, 5) is 13.2. The number of carboxylic acid groups (broad SMARTS) is 1. The first-order valence-electron chi connectivity index (χ1n) is 8.20. The largest absolute Gasteiger partial charge is 0.465 e. The number of likely N-dealkylation sites (tertiary alicyclic amines) is 1. The average molecular weight is 315 g/mol. The zero-order valence-electron chi connectivity index (χ0n) is 14.3.